The van der Waals surface area contributed by atoms with Gasteiger partial charge in [0.25, 0.3) is 0 Å². The summed E-state index contributed by atoms with van der Waals surface area (Å²) in [7, 11) is 1.60. The Labute approximate surface area is 182 Å². The van der Waals surface area contributed by atoms with Gasteiger partial charge >= 0.3 is 6.09 Å². The number of rotatable bonds is 6. The fourth-order valence-corrected chi connectivity index (χ4v) is 3.89. The Morgan fingerprint density at radius 3 is 2.61 bits per heavy atom. The van der Waals surface area contributed by atoms with Crippen molar-refractivity contribution in [3.63, 3.8) is 0 Å². The Hall–Kier alpha value is -2.97. The van der Waals surface area contributed by atoms with Crippen molar-refractivity contribution in [3.8, 4) is 22.9 Å². The third-order valence-corrected chi connectivity index (χ3v) is 5.42. The van der Waals surface area contributed by atoms with Crippen LogP contribution in [0.3, 0.4) is 0 Å². The molecule has 0 aromatic carbocycles. The van der Waals surface area contributed by atoms with Crippen LogP contribution in [0.2, 0.25) is 0 Å². The number of carbonyl (C=O) groups is 1. The number of aromatic nitrogens is 3. The van der Waals surface area contributed by atoms with E-state index in [1.54, 1.807) is 13.2 Å². The number of hydrogen-bond acceptors (Lipinski definition) is 7. The molecule has 0 radical (unpaired) electrons. The molecule has 4 N–H and O–H groups in total. The number of anilines is 1. The predicted octanol–water partition coefficient (Wildman–Crippen LogP) is 3.76. The number of amides is 1. The van der Waals surface area contributed by atoms with Crippen LogP contribution in [-0.2, 0) is 4.74 Å². The molecule has 9 nitrogen and oxygen atoms in total. The number of H-pyrrole nitrogens is 1. The molecule has 2 heterocycles. The van der Waals surface area contributed by atoms with Crippen molar-refractivity contribution < 1.29 is 19.0 Å². The van der Waals surface area contributed by atoms with Crippen molar-refractivity contribution in [1.29, 1.82) is 0 Å². The number of nitrogens with two attached hydrogens (primary N) is 1. The fraction of sp³-hybridized carbons (Fsp3) is 0.591. The van der Waals surface area contributed by atoms with Gasteiger partial charge in [0.15, 0.2) is 0 Å². The highest BCUT2D eigenvalue weighted by molar-refractivity contribution is 5.74. The molecule has 2 aromatic heterocycles. The van der Waals surface area contributed by atoms with Gasteiger partial charge in [-0.05, 0) is 46.5 Å². The summed E-state index contributed by atoms with van der Waals surface area (Å²) in [5.74, 6) is 2.02. The van der Waals surface area contributed by atoms with Gasteiger partial charge in [-0.25, -0.2) is 9.78 Å². The van der Waals surface area contributed by atoms with Gasteiger partial charge in [-0.2, -0.15) is 5.10 Å². The highest BCUT2D eigenvalue weighted by Crippen LogP contribution is 2.45. The van der Waals surface area contributed by atoms with Crippen molar-refractivity contribution in [2.45, 2.75) is 76.5 Å². The molecule has 2 aromatic rings. The number of aromatic amines is 1. The molecule has 168 valence electrons. The van der Waals surface area contributed by atoms with Gasteiger partial charge < -0.3 is 25.3 Å². The van der Waals surface area contributed by atoms with Gasteiger partial charge in [0.05, 0.1) is 18.5 Å². The lowest BCUT2D eigenvalue weighted by Gasteiger charge is -2.22. The zero-order valence-electron chi connectivity index (χ0n) is 18.5. The molecule has 2 fully saturated rings. The summed E-state index contributed by atoms with van der Waals surface area (Å²) in [5.41, 5.74) is 7.68. The number of nitrogens with one attached hydrogen (secondary N) is 2. The zero-order chi connectivity index (χ0) is 22.2. The largest absolute Gasteiger partial charge is 0.489 e. The molecule has 2 atom stereocenters. The number of nitrogens with zero attached hydrogens (tertiary/aromatic N) is 2. The van der Waals surface area contributed by atoms with E-state index in [0.29, 0.717) is 41.0 Å². The number of methoxy groups -OCH3 is 1. The van der Waals surface area contributed by atoms with Crippen molar-refractivity contribution in [1.82, 2.24) is 20.5 Å². The average molecular weight is 430 g/mol. The van der Waals surface area contributed by atoms with Gasteiger partial charge in [0.1, 0.15) is 28.8 Å². The lowest BCUT2D eigenvalue weighted by atomic mass is 10.1. The van der Waals surface area contributed by atoms with Crippen molar-refractivity contribution in [2.24, 2.45) is 0 Å². The summed E-state index contributed by atoms with van der Waals surface area (Å²) in [4.78, 5) is 16.8. The SMILES string of the molecule is COc1nc(C2CC2)cc(O[C@@H]2CC[C@H](NC(=O)OC(C)(C)C)C2)c1-c1cc(N)n[nH]1. The van der Waals surface area contributed by atoms with E-state index in [1.165, 1.54) is 0 Å². The Kier molecular flexibility index (Phi) is 5.68. The van der Waals surface area contributed by atoms with Crippen LogP contribution < -0.4 is 20.5 Å². The Bertz CT molecular complexity index is 948. The number of ether oxygens (including phenoxy) is 3. The summed E-state index contributed by atoms with van der Waals surface area (Å²) >= 11 is 0. The van der Waals surface area contributed by atoms with Crippen molar-refractivity contribution >= 4 is 11.9 Å². The van der Waals surface area contributed by atoms with Crippen LogP contribution in [0.1, 0.15) is 64.5 Å². The van der Waals surface area contributed by atoms with Gasteiger partial charge in [-0.15, -0.1) is 0 Å². The van der Waals surface area contributed by atoms with E-state index in [9.17, 15) is 4.79 Å². The second kappa shape index (κ2) is 8.28. The molecular formula is C22H31N5O4. The minimum atomic E-state index is -0.522. The molecule has 2 saturated carbocycles. The first-order valence-electron chi connectivity index (χ1n) is 10.8. The van der Waals surface area contributed by atoms with Crippen LogP contribution in [0.4, 0.5) is 10.6 Å². The van der Waals surface area contributed by atoms with Crippen LogP contribution >= 0.6 is 0 Å². The molecule has 0 saturated heterocycles. The van der Waals surface area contributed by atoms with E-state index >= 15 is 0 Å². The molecule has 4 rings (SSSR count). The topological polar surface area (TPSA) is 124 Å². The molecule has 1 amide bonds. The number of pyridine rings is 1. The van der Waals surface area contributed by atoms with Gasteiger partial charge in [-0.1, -0.05) is 0 Å². The molecular weight excluding hydrogens is 398 g/mol. The second-order valence-corrected chi connectivity index (χ2v) is 9.31. The first kappa shape index (κ1) is 21.3. The van der Waals surface area contributed by atoms with Gasteiger partial charge in [0.2, 0.25) is 5.88 Å². The van der Waals surface area contributed by atoms with E-state index in [2.05, 4.69) is 15.5 Å². The van der Waals surface area contributed by atoms with Crippen LogP contribution in [0.25, 0.3) is 11.3 Å². The molecule has 31 heavy (non-hydrogen) atoms. The average Bonchev–Trinajstić information content (AvgIpc) is 3.31. The summed E-state index contributed by atoms with van der Waals surface area (Å²) < 4.78 is 17.4. The third kappa shape index (κ3) is 5.21. The third-order valence-electron chi connectivity index (χ3n) is 5.42. The Morgan fingerprint density at radius 2 is 2.00 bits per heavy atom. The number of nitrogen functional groups attached to an aromatic ring is 1. The molecule has 0 spiro atoms. The summed E-state index contributed by atoms with van der Waals surface area (Å²) in [6.07, 6.45) is 4.16. The second-order valence-electron chi connectivity index (χ2n) is 9.31. The fourth-order valence-electron chi connectivity index (χ4n) is 3.89. The van der Waals surface area contributed by atoms with E-state index in [4.69, 9.17) is 24.9 Å². The van der Waals surface area contributed by atoms with E-state index in [0.717, 1.165) is 31.4 Å². The normalized spacial score (nSPS) is 21.0. The lowest BCUT2D eigenvalue weighted by Crippen LogP contribution is -2.38. The molecule has 0 aliphatic heterocycles. The minimum absolute atomic E-state index is 0.0118. The molecule has 0 unspecified atom stereocenters. The maximum atomic E-state index is 12.1. The zero-order valence-corrected chi connectivity index (χ0v) is 18.5. The number of hydrogen-bond donors (Lipinski definition) is 3. The smallest absolute Gasteiger partial charge is 0.407 e. The van der Waals surface area contributed by atoms with Gasteiger partial charge in [0, 0.05) is 30.5 Å². The van der Waals surface area contributed by atoms with Gasteiger partial charge in [-0.3, -0.25) is 5.10 Å². The highest BCUT2D eigenvalue weighted by Gasteiger charge is 2.32. The quantitative estimate of drug-likeness (QED) is 0.638. The van der Waals surface area contributed by atoms with Crippen LogP contribution in [-0.4, -0.2) is 46.1 Å². The summed E-state index contributed by atoms with van der Waals surface area (Å²) in [6.45, 7) is 5.56. The summed E-state index contributed by atoms with van der Waals surface area (Å²) in [5, 5.41) is 9.92. The predicted molar refractivity (Wildman–Crippen MR) is 116 cm³/mol. The first-order chi connectivity index (χ1) is 14.7. The number of alkyl carbamates (subject to hydrolysis) is 1. The molecule has 0 bridgehead atoms. The summed E-state index contributed by atoms with van der Waals surface area (Å²) in [6, 6.07) is 3.75. The van der Waals surface area contributed by atoms with E-state index in [-0.39, 0.29) is 12.1 Å². The minimum Gasteiger partial charge on any atom is -0.489 e. The van der Waals surface area contributed by atoms with Crippen molar-refractivity contribution in [2.75, 3.05) is 12.8 Å². The maximum Gasteiger partial charge on any atom is 0.407 e. The van der Waals surface area contributed by atoms with Crippen LogP contribution in [0, 0.1) is 0 Å². The Morgan fingerprint density at radius 1 is 1.23 bits per heavy atom. The van der Waals surface area contributed by atoms with Crippen LogP contribution in [0.15, 0.2) is 12.1 Å². The standard InChI is InChI=1S/C22H31N5O4/c1-22(2,3)31-21(28)24-13-7-8-14(9-13)30-17-10-15(12-5-6-12)25-20(29-4)19(17)16-11-18(23)27-26-16/h10-14H,5-9H2,1-4H3,(H,24,28)(H3,23,26,27)/t13-,14+/m0/s1. The molecule has 2 aliphatic rings. The molecule has 9 heteroatoms. The Balaban J connectivity index is 1.52. The first-order valence-corrected chi connectivity index (χ1v) is 10.8. The monoisotopic (exact) mass is 429 g/mol. The van der Waals surface area contributed by atoms with Crippen LogP contribution in [0.5, 0.6) is 11.6 Å². The van der Waals surface area contributed by atoms with E-state index in [1.807, 2.05) is 26.8 Å². The number of carbonyl (C=O) groups excluding carboxylic acids is 1. The van der Waals surface area contributed by atoms with E-state index < -0.39 is 11.7 Å². The molecule has 2 aliphatic carbocycles. The lowest BCUT2D eigenvalue weighted by molar-refractivity contribution is 0.0503. The highest BCUT2D eigenvalue weighted by atomic mass is 16.6. The maximum absolute atomic E-state index is 12.1. The van der Waals surface area contributed by atoms with Crippen molar-refractivity contribution in [3.05, 3.63) is 17.8 Å².